The fourth-order valence-corrected chi connectivity index (χ4v) is 2.31. The molecule has 0 saturated carbocycles. The molecule has 0 unspecified atom stereocenters. The quantitative estimate of drug-likeness (QED) is 0.835. The summed E-state index contributed by atoms with van der Waals surface area (Å²) in [6, 6.07) is 1.91. The van der Waals surface area contributed by atoms with Crippen molar-refractivity contribution in [1.29, 1.82) is 0 Å². The van der Waals surface area contributed by atoms with E-state index < -0.39 is 0 Å². The SMILES string of the molecule is O=C(c1ccn[nH]1)N1CCC[C@H](n2cncn2)C1. The van der Waals surface area contributed by atoms with Gasteiger partial charge >= 0.3 is 0 Å². The van der Waals surface area contributed by atoms with Gasteiger partial charge in [0.1, 0.15) is 18.3 Å². The normalized spacial score (nSPS) is 20.0. The fourth-order valence-electron chi connectivity index (χ4n) is 2.31. The first kappa shape index (κ1) is 10.9. The second kappa shape index (κ2) is 4.59. The Labute approximate surface area is 104 Å². The topological polar surface area (TPSA) is 79.7 Å². The first-order chi connectivity index (χ1) is 8.84. The number of carbonyl (C=O) groups excluding carboxylic acids is 1. The van der Waals surface area contributed by atoms with Gasteiger partial charge in [-0.25, -0.2) is 9.67 Å². The molecule has 1 aliphatic rings. The Morgan fingerprint density at radius 1 is 1.50 bits per heavy atom. The smallest absolute Gasteiger partial charge is 0.271 e. The van der Waals surface area contributed by atoms with Gasteiger partial charge < -0.3 is 4.90 Å². The summed E-state index contributed by atoms with van der Waals surface area (Å²) < 4.78 is 1.83. The van der Waals surface area contributed by atoms with Crippen LogP contribution in [-0.4, -0.2) is 48.9 Å². The van der Waals surface area contributed by atoms with Crippen molar-refractivity contribution < 1.29 is 4.79 Å². The highest BCUT2D eigenvalue weighted by Gasteiger charge is 2.26. The molecule has 1 amide bonds. The van der Waals surface area contributed by atoms with Crippen LogP contribution in [0, 0.1) is 0 Å². The zero-order chi connectivity index (χ0) is 12.4. The molecule has 0 bridgehead atoms. The van der Waals surface area contributed by atoms with Crippen LogP contribution < -0.4 is 0 Å². The fraction of sp³-hybridized carbons (Fsp3) is 0.455. The first-order valence-corrected chi connectivity index (χ1v) is 5.97. The molecular formula is C11H14N6O. The van der Waals surface area contributed by atoms with Crippen LogP contribution in [0.5, 0.6) is 0 Å². The third-order valence-electron chi connectivity index (χ3n) is 3.23. The lowest BCUT2D eigenvalue weighted by atomic mass is 10.1. The number of carbonyl (C=O) groups is 1. The minimum Gasteiger partial charge on any atom is -0.335 e. The molecule has 2 aromatic rings. The Morgan fingerprint density at radius 3 is 3.17 bits per heavy atom. The molecule has 3 heterocycles. The van der Waals surface area contributed by atoms with Gasteiger partial charge in [0.15, 0.2) is 0 Å². The van der Waals surface area contributed by atoms with Crippen molar-refractivity contribution in [2.75, 3.05) is 13.1 Å². The molecule has 1 fully saturated rings. The number of piperidine rings is 1. The van der Waals surface area contributed by atoms with Crippen molar-refractivity contribution in [3.8, 4) is 0 Å². The van der Waals surface area contributed by atoms with E-state index in [1.807, 2.05) is 9.58 Å². The van der Waals surface area contributed by atoms with Gasteiger partial charge in [0.05, 0.1) is 6.04 Å². The van der Waals surface area contributed by atoms with Gasteiger partial charge in [-0.2, -0.15) is 10.2 Å². The van der Waals surface area contributed by atoms with Gasteiger partial charge in [-0.15, -0.1) is 0 Å². The maximum atomic E-state index is 12.2. The van der Waals surface area contributed by atoms with Crippen molar-refractivity contribution in [3.05, 3.63) is 30.6 Å². The predicted octanol–water partition coefficient (Wildman–Crippen LogP) is 0.478. The van der Waals surface area contributed by atoms with E-state index in [9.17, 15) is 4.79 Å². The van der Waals surface area contributed by atoms with Crippen LogP contribution in [0.3, 0.4) is 0 Å². The standard InChI is InChI=1S/C11H14N6O/c18-11(10-3-4-13-15-10)16-5-1-2-9(6-16)17-8-12-7-14-17/h3-4,7-9H,1-2,5-6H2,(H,13,15)/t9-/m0/s1. The van der Waals surface area contributed by atoms with Gasteiger partial charge in [0, 0.05) is 19.3 Å². The molecular weight excluding hydrogens is 232 g/mol. The summed E-state index contributed by atoms with van der Waals surface area (Å²) in [4.78, 5) is 18.0. The third-order valence-corrected chi connectivity index (χ3v) is 3.23. The number of aromatic nitrogens is 5. The minimum absolute atomic E-state index is 0.00249. The second-order valence-corrected chi connectivity index (χ2v) is 4.39. The number of nitrogens with zero attached hydrogens (tertiary/aromatic N) is 5. The monoisotopic (exact) mass is 246 g/mol. The summed E-state index contributed by atoms with van der Waals surface area (Å²) in [5.74, 6) is -0.00249. The van der Waals surface area contributed by atoms with E-state index in [0.29, 0.717) is 12.2 Å². The summed E-state index contributed by atoms with van der Waals surface area (Å²) in [6.45, 7) is 1.45. The van der Waals surface area contributed by atoms with E-state index >= 15 is 0 Å². The second-order valence-electron chi connectivity index (χ2n) is 4.39. The summed E-state index contributed by atoms with van der Waals surface area (Å²) in [5.41, 5.74) is 0.536. The highest BCUT2D eigenvalue weighted by Crippen LogP contribution is 2.21. The van der Waals surface area contributed by atoms with Crippen molar-refractivity contribution in [2.45, 2.75) is 18.9 Å². The summed E-state index contributed by atoms with van der Waals surface area (Å²) in [7, 11) is 0. The highest BCUT2D eigenvalue weighted by atomic mass is 16.2. The molecule has 1 atom stereocenters. The number of aromatic amines is 1. The molecule has 3 rings (SSSR count). The average molecular weight is 246 g/mol. The molecule has 0 radical (unpaired) electrons. The Morgan fingerprint density at radius 2 is 2.44 bits per heavy atom. The lowest BCUT2D eigenvalue weighted by Crippen LogP contribution is -2.41. The molecule has 2 aromatic heterocycles. The van der Waals surface area contributed by atoms with Crippen LogP contribution in [0.15, 0.2) is 24.9 Å². The summed E-state index contributed by atoms with van der Waals surface area (Å²) in [6.07, 6.45) is 6.82. The molecule has 0 aromatic carbocycles. The molecule has 1 N–H and O–H groups in total. The van der Waals surface area contributed by atoms with Crippen molar-refractivity contribution >= 4 is 5.91 Å². The molecule has 7 heteroatoms. The number of rotatable bonds is 2. The number of hydrogen-bond donors (Lipinski definition) is 1. The van der Waals surface area contributed by atoms with Crippen LogP contribution in [0.2, 0.25) is 0 Å². The summed E-state index contributed by atoms with van der Waals surface area (Å²) >= 11 is 0. The van der Waals surface area contributed by atoms with Gasteiger partial charge in [-0.1, -0.05) is 0 Å². The van der Waals surface area contributed by atoms with E-state index in [1.54, 1.807) is 18.6 Å². The lowest BCUT2D eigenvalue weighted by molar-refractivity contribution is 0.0667. The molecule has 0 spiro atoms. The Hall–Kier alpha value is -2.18. The van der Waals surface area contributed by atoms with Crippen LogP contribution in [0.25, 0.3) is 0 Å². The summed E-state index contributed by atoms with van der Waals surface area (Å²) in [5, 5.41) is 10.7. The van der Waals surface area contributed by atoms with Gasteiger partial charge in [0.25, 0.3) is 5.91 Å². The van der Waals surface area contributed by atoms with Gasteiger partial charge in [0.2, 0.25) is 0 Å². The van der Waals surface area contributed by atoms with Gasteiger partial charge in [-0.05, 0) is 18.9 Å². The maximum Gasteiger partial charge on any atom is 0.271 e. The number of nitrogens with one attached hydrogen (secondary N) is 1. The molecule has 1 saturated heterocycles. The van der Waals surface area contributed by atoms with E-state index in [-0.39, 0.29) is 11.9 Å². The third kappa shape index (κ3) is 1.99. The van der Waals surface area contributed by atoms with Gasteiger partial charge in [-0.3, -0.25) is 9.89 Å². The predicted molar refractivity (Wildman–Crippen MR) is 62.8 cm³/mol. The number of amides is 1. The van der Waals surface area contributed by atoms with Crippen LogP contribution in [0.1, 0.15) is 29.4 Å². The number of hydrogen-bond acceptors (Lipinski definition) is 4. The van der Waals surface area contributed by atoms with E-state index in [4.69, 9.17) is 0 Å². The Balaban J connectivity index is 1.73. The molecule has 1 aliphatic heterocycles. The zero-order valence-electron chi connectivity index (χ0n) is 9.86. The number of likely N-dealkylation sites (tertiary alicyclic amines) is 1. The van der Waals surface area contributed by atoms with Crippen LogP contribution in [-0.2, 0) is 0 Å². The van der Waals surface area contributed by atoms with Crippen molar-refractivity contribution in [1.82, 2.24) is 29.9 Å². The van der Waals surface area contributed by atoms with E-state index in [2.05, 4.69) is 20.3 Å². The Bertz CT molecular complexity index is 506. The Kier molecular flexibility index (Phi) is 2.79. The molecule has 0 aliphatic carbocycles. The van der Waals surface area contributed by atoms with Crippen molar-refractivity contribution in [2.24, 2.45) is 0 Å². The van der Waals surface area contributed by atoms with E-state index in [0.717, 1.165) is 19.4 Å². The van der Waals surface area contributed by atoms with Crippen molar-refractivity contribution in [3.63, 3.8) is 0 Å². The van der Waals surface area contributed by atoms with Crippen LogP contribution in [0.4, 0.5) is 0 Å². The maximum absolute atomic E-state index is 12.2. The average Bonchev–Trinajstić information content (AvgIpc) is 3.11. The largest absolute Gasteiger partial charge is 0.335 e. The number of H-pyrrole nitrogens is 1. The minimum atomic E-state index is -0.00249. The van der Waals surface area contributed by atoms with E-state index in [1.165, 1.54) is 6.33 Å². The molecule has 7 nitrogen and oxygen atoms in total. The molecule has 18 heavy (non-hydrogen) atoms. The zero-order valence-corrected chi connectivity index (χ0v) is 9.86. The first-order valence-electron chi connectivity index (χ1n) is 5.97. The molecule has 94 valence electrons. The lowest BCUT2D eigenvalue weighted by Gasteiger charge is -2.32. The van der Waals surface area contributed by atoms with Crippen LogP contribution >= 0.6 is 0 Å². The highest BCUT2D eigenvalue weighted by molar-refractivity contribution is 5.92.